The minimum absolute atomic E-state index is 0.0624. The van der Waals surface area contributed by atoms with Gasteiger partial charge in [0.15, 0.2) is 0 Å². The minimum atomic E-state index is 0.0624. The number of piperidine rings is 1. The number of hydrogen-bond donors (Lipinski definition) is 1. The van der Waals surface area contributed by atoms with Crippen LogP contribution in [0, 0.1) is 11.8 Å². The van der Waals surface area contributed by atoms with E-state index in [-0.39, 0.29) is 6.04 Å². The lowest BCUT2D eigenvalue weighted by Crippen LogP contribution is -2.52. The minimum Gasteiger partial charge on any atom is -0.344 e. The van der Waals surface area contributed by atoms with Crippen LogP contribution in [0.25, 0.3) is 0 Å². The van der Waals surface area contributed by atoms with E-state index >= 15 is 0 Å². The number of likely N-dealkylation sites (N-methyl/N-ethyl adjacent to an activating group) is 1. The molecule has 2 atom stereocenters. The normalized spacial score (nSPS) is 30.1. The van der Waals surface area contributed by atoms with E-state index in [2.05, 4.69) is 12.2 Å². The Morgan fingerprint density at radius 1 is 1.17 bits per heavy atom. The zero-order chi connectivity index (χ0) is 13.0. The summed E-state index contributed by atoms with van der Waals surface area (Å²) in [6.07, 6.45) is 9.10. The van der Waals surface area contributed by atoms with Gasteiger partial charge in [-0.3, -0.25) is 4.79 Å². The fourth-order valence-corrected chi connectivity index (χ4v) is 3.46. The van der Waals surface area contributed by atoms with Crippen LogP contribution in [-0.2, 0) is 4.79 Å². The number of rotatable bonds is 3. The zero-order valence-corrected chi connectivity index (χ0v) is 12.0. The Hall–Kier alpha value is -0.570. The van der Waals surface area contributed by atoms with Crippen LogP contribution in [0.5, 0.6) is 0 Å². The molecule has 104 valence electrons. The van der Waals surface area contributed by atoms with E-state index in [1.54, 1.807) is 0 Å². The van der Waals surface area contributed by atoms with Crippen LogP contribution in [0.1, 0.15) is 51.9 Å². The molecule has 0 spiro atoms. The quantitative estimate of drug-likeness (QED) is 0.836. The smallest absolute Gasteiger partial charge is 0.239 e. The maximum Gasteiger partial charge on any atom is 0.239 e. The third kappa shape index (κ3) is 3.47. The van der Waals surface area contributed by atoms with Crippen molar-refractivity contribution >= 4 is 5.91 Å². The average molecular weight is 252 g/mol. The third-order valence-corrected chi connectivity index (χ3v) is 4.67. The molecule has 0 aromatic rings. The first-order chi connectivity index (χ1) is 8.68. The highest BCUT2D eigenvalue weighted by molar-refractivity contribution is 5.82. The number of nitrogens with one attached hydrogen (secondary N) is 1. The Labute approximate surface area is 111 Å². The van der Waals surface area contributed by atoms with E-state index in [9.17, 15) is 4.79 Å². The molecule has 3 nitrogen and oxygen atoms in total. The van der Waals surface area contributed by atoms with Crippen LogP contribution in [0.15, 0.2) is 0 Å². The van der Waals surface area contributed by atoms with E-state index in [4.69, 9.17) is 0 Å². The largest absolute Gasteiger partial charge is 0.344 e. The molecule has 0 bridgehead atoms. The van der Waals surface area contributed by atoms with E-state index in [1.165, 1.54) is 44.9 Å². The van der Waals surface area contributed by atoms with Crippen molar-refractivity contribution in [2.24, 2.45) is 11.8 Å². The van der Waals surface area contributed by atoms with E-state index in [0.717, 1.165) is 19.0 Å². The predicted octanol–water partition coefficient (Wildman–Crippen LogP) is 2.41. The summed E-state index contributed by atoms with van der Waals surface area (Å²) >= 11 is 0. The van der Waals surface area contributed by atoms with Crippen molar-refractivity contribution in [3.05, 3.63) is 0 Å². The van der Waals surface area contributed by atoms with Gasteiger partial charge in [-0.05, 0) is 44.1 Å². The molecular weight excluding hydrogens is 224 g/mol. The zero-order valence-electron chi connectivity index (χ0n) is 12.0. The second-order valence-electron chi connectivity index (χ2n) is 6.27. The maximum atomic E-state index is 12.4. The van der Waals surface area contributed by atoms with Crippen LogP contribution in [0.2, 0.25) is 0 Å². The van der Waals surface area contributed by atoms with Crippen LogP contribution in [0.3, 0.4) is 0 Å². The van der Waals surface area contributed by atoms with Crippen molar-refractivity contribution in [1.82, 2.24) is 10.2 Å². The molecule has 0 radical (unpaired) electrons. The van der Waals surface area contributed by atoms with E-state index in [1.807, 2.05) is 11.9 Å². The fraction of sp³-hybridized carbons (Fsp3) is 0.933. The standard InChI is InChI=1S/C15H28N2O/c1-12-7-6-10-16-14(12)15(18)17(2)11-13-8-4-3-5-9-13/h12-14,16H,3-11H2,1-2H3. The molecule has 2 fully saturated rings. The summed E-state index contributed by atoms with van der Waals surface area (Å²) in [5, 5.41) is 3.40. The van der Waals surface area contributed by atoms with Crippen molar-refractivity contribution < 1.29 is 4.79 Å². The fourth-order valence-electron chi connectivity index (χ4n) is 3.46. The summed E-state index contributed by atoms with van der Waals surface area (Å²) in [6, 6.07) is 0.0624. The van der Waals surface area contributed by atoms with Crippen LogP contribution in [0.4, 0.5) is 0 Å². The predicted molar refractivity (Wildman–Crippen MR) is 74.4 cm³/mol. The van der Waals surface area contributed by atoms with Gasteiger partial charge in [-0.15, -0.1) is 0 Å². The second-order valence-corrected chi connectivity index (χ2v) is 6.27. The molecule has 1 aliphatic carbocycles. The first-order valence-corrected chi connectivity index (χ1v) is 7.67. The summed E-state index contributed by atoms with van der Waals surface area (Å²) in [4.78, 5) is 14.4. The molecular formula is C15H28N2O. The number of nitrogens with zero attached hydrogens (tertiary/aromatic N) is 1. The molecule has 1 amide bonds. The Morgan fingerprint density at radius 3 is 2.56 bits per heavy atom. The number of carbonyl (C=O) groups is 1. The first kappa shape index (κ1) is 13.9. The van der Waals surface area contributed by atoms with Gasteiger partial charge in [0.05, 0.1) is 6.04 Å². The van der Waals surface area contributed by atoms with E-state index in [0.29, 0.717) is 11.8 Å². The van der Waals surface area contributed by atoms with Gasteiger partial charge in [0, 0.05) is 13.6 Å². The summed E-state index contributed by atoms with van der Waals surface area (Å²) in [6.45, 7) is 4.16. The molecule has 2 unspecified atom stereocenters. The third-order valence-electron chi connectivity index (χ3n) is 4.67. The number of amides is 1. The molecule has 1 saturated heterocycles. The molecule has 1 aliphatic heterocycles. The lowest BCUT2D eigenvalue weighted by atomic mass is 9.88. The molecule has 1 heterocycles. The number of hydrogen-bond acceptors (Lipinski definition) is 2. The van der Waals surface area contributed by atoms with Crippen LogP contribution in [-0.4, -0.2) is 37.0 Å². The van der Waals surface area contributed by atoms with Gasteiger partial charge in [0.25, 0.3) is 0 Å². The molecule has 18 heavy (non-hydrogen) atoms. The summed E-state index contributed by atoms with van der Waals surface area (Å²) in [5.74, 6) is 1.54. The summed E-state index contributed by atoms with van der Waals surface area (Å²) in [7, 11) is 1.99. The van der Waals surface area contributed by atoms with Gasteiger partial charge in [-0.2, -0.15) is 0 Å². The Balaban J connectivity index is 1.83. The van der Waals surface area contributed by atoms with Crippen molar-refractivity contribution in [2.45, 2.75) is 57.9 Å². The maximum absolute atomic E-state index is 12.4. The SMILES string of the molecule is CC1CCCNC1C(=O)N(C)CC1CCCCC1. The van der Waals surface area contributed by atoms with Gasteiger partial charge >= 0.3 is 0 Å². The van der Waals surface area contributed by atoms with Gasteiger partial charge in [0.2, 0.25) is 5.91 Å². The van der Waals surface area contributed by atoms with Crippen molar-refractivity contribution in [3.63, 3.8) is 0 Å². The Morgan fingerprint density at radius 2 is 1.89 bits per heavy atom. The summed E-state index contributed by atoms with van der Waals surface area (Å²) < 4.78 is 0. The highest BCUT2D eigenvalue weighted by Crippen LogP contribution is 2.25. The highest BCUT2D eigenvalue weighted by atomic mass is 16.2. The van der Waals surface area contributed by atoms with Gasteiger partial charge in [-0.1, -0.05) is 26.2 Å². The van der Waals surface area contributed by atoms with Gasteiger partial charge in [0.1, 0.15) is 0 Å². The number of carbonyl (C=O) groups excluding carboxylic acids is 1. The molecule has 0 aromatic heterocycles. The van der Waals surface area contributed by atoms with Gasteiger partial charge < -0.3 is 10.2 Å². The Kier molecular flexibility index (Phi) is 5.04. The highest BCUT2D eigenvalue weighted by Gasteiger charge is 2.30. The molecule has 1 saturated carbocycles. The topological polar surface area (TPSA) is 32.3 Å². The van der Waals surface area contributed by atoms with Crippen molar-refractivity contribution in [3.8, 4) is 0 Å². The molecule has 0 aromatic carbocycles. The van der Waals surface area contributed by atoms with E-state index < -0.39 is 0 Å². The molecule has 3 heteroatoms. The van der Waals surface area contributed by atoms with Crippen LogP contribution >= 0.6 is 0 Å². The lowest BCUT2D eigenvalue weighted by molar-refractivity contribution is -0.134. The monoisotopic (exact) mass is 252 g/mol. The molecule has 2 aliphatic rings. The van der Waals surface area contributed by atoms with Crippen molar-refractivity contribution in [2.75, 3.05) is 20.1 Å². The van der Waals surface area contributed by atoms with Gasteiger partial charge in [-0.25, -0.2) is 0 Å². The van der Waals surface area contributed by atoms with Crippen LogP contribution < -0.4 is 5.32 Å². The molecule has 2 rings (SSSR count). The van der Waals surface area contributed by atoms with Crippen molar-refractivity contribution in [1.29, 1.82) is 0 Å². The molecule has 1 N–H and O–H groups in total. The Bertz CT molecular complexity index is 274. The second kappa shape index (κ2) is 6.55. The lowest BCUT2D eigenvalue weighted by Gasteiger charge is -2.34. The first-order valence-electron chi connectivity index (χ1n) is 7.67. The average Bonchev–Trinajstić information content (AvgIpc) is 2.39. The summed E-state index contributed by atoms with van der Waals surface area (Å²) in [5.41, 5.74) is 0.